The fourth-order valence-electron chi connectivity index (χ4n) is 3.26. The fraction of sp³-hybridized carbons (Fsp3) is 0.440. The Labute approximate surface area is 218 Å². The van der Waals surface area contributed by atoms with Crippen LogP contribution in [0.2, 0.25) is 0 Å². The zero-order chi connectivity index (χ0) is 26.2. The maximum Gasteiger partial charge on any atom is 0.326 e. The van der Waals surface area contributed by atoms with E-state index in [1.807, 2.05) is 0 Å². The largest absolute Gasteiger partial charge is 0.490 e. The second-order valence-corrected chi connectivity index (χ2v) is 7.97. The third kappa shape index (κ3) is 12.4. The van der Waals surface area contributed by atoms with Crippen molar-refractivity contribution in [2.24, 2.45) is 5.73 Å². The number of hydrogen-bond acceptors (Lipinski definition) is 6. The maximum absolute atomic E-state index is 13.1. The van der Waals surface area contributed by atoms with E-state index in [-0.39, 0.29) is 31.7 Å². The minimum atomic E-state index is -1.21. The number of ether oxygens (including phenoxy) is 1. The van der Waals surface area contributed by atoms with E-state index >= 15 is 0 Å². The van der Waals surface area contributed by atoms with Crippen molar-refractivity contribution in [3.05, 3.63) is 55.1 Å². The number of rotatable bonds is 17. The molecule has 11 heteroatoms. The highest BCUT2D eigenvalue weighted by molar-refractivity contribution is 5.93. The van der Waals surface area contributed by atoms with Crippen LogP contribution in [0, 0.1) is 0 Å². The average Bonchev–Trinajstić information content (AvgIpc) is 2.81. The number of nitrogens with one attached hydrogen (secondary N) is 3. The smallest absolute Gasteiger partial charge is 0.326 e. The Hall–Kier alpha value is -3.37. The summed E-state index contributed by atoms with van der Waals surface area (Å²) in [5, 5.41) is 17.0. The SMILES string of the molecule is C=CCOc1ccc(C[C@H](NC(C)=O)C(=O)N[C@@H](CCCCN)C(=O)N[C@@H](CC=C)C(=O)O)cc1.Cl. The van der Waals surface area contributed by atoms with Gasteiger partial charge in [-0.3, -0.25) is 14.4 Å². The predicted molar refractivity (Wildman–Crippen MR) is 140 cm³/mol. The molecule has 0 aliphatic carbocycles. The van der Waals surface area contributed by atoms with Crippen LogP contribution in [0.5, 0.6) is 5.75 Å². The molecule has 1 aromatic rings. The third-order valence-corrected chi connectivity index (χ3v) is 5.02. The minimum Gasteiger partial charge on any atom is -0.490 e. The maximum atomic E-state index is 13.1. The van der Waals surface area contributed by atoms with Gasteiger partial charge in [-0.15, -0.1) is 19.0 Å². The number of carbonyl (C=O) groups excluding carboxylic acids is 3. The highest BCUT2D eigenvalue weighted by Gasteiger charge is 2.28. The van der Waals surface area contributed by atoms with Crippen molar-refractivity contribution < 1.29 is 29.0 Å². The van der Waals surface area contributed by atoms with Gasteiger partial charge < -0.3 is 31.5 Å². The van der Waals surface area contributed by atoms with Gasteiger partial charge in [0.15, 0.2) is 0 Å². The Morgan fingerprint density at radius 1 is 0.972 bits per heavy atom. The minimum absolute atomic E-state index is 0. The molecule has 0 unspecified atom stereocenters. The quantitative estimate of drug-likeness (QED) is 0.152. The van der Waals surface area contributed by atoms with Crippen LogP contribution in [0.15, 0.2) is 49.6 Å². The average molecular weight is 525 g/mol. The number of nitrogens with two attached hydrogens (primary N) is 1. The van der Waals surface area contributed by atoms with Crippen LogP contribution in [-0.2, 0) is 25.6 Å². The molecule has 3 amide bonds. The number of benzene rings is 1. The second-order valence-electron chi connectivity index (χ2n) is 7.97. The summed E-state index contributed by atoms with van der Waals surface area (Å²) >= 11 is 0. The van der Waals surface area contributed by atoms with Gasteiger partial charge in [-0.25, -0.2) is 4.79 Å². The lowest BCUT2D eigenvalue weighted by Gasteiger charge is -2.24. The second kappa shape index (κ2) is 18.0. The summed E-state index contributed by atoms with van der Waals surface area (Å²) in [6.45, 7) is 9.17. The Balaban J connectivity index is 0.0000122. The molecule has 200 valence electrons. The summed E-state index contributed by atoms with van der Waals surface area (Å²) in [4.78, 5) is 49.1. The summed E-state index contributed by atoms with van der Waals surface area (Å²) < 4.78 is 5.45. The number of aliphatic carboxylic acids is 1. The highest BCUT2D eigenvalue weighted by Crippen LogP contribution is 2.14. The standard InChI is InChI=1S/C25H36N4O6.ClH/c1-4-8-21(25(33)34)29-23(31)20(9-6-7-14-26)28-24(32)22(27-17(3)30)16-18-10-12-19(13-11-18)35-15-5-2;/h4-5,10-13,20-22H,1-2,6-9,14-16,26H2,3H3,(H,27,30)(H,28,32)(H,29,31)(H,33,34);1H/t20-,21-,22-;/m0./s1. The molecule has 0 saturated carbocycles. The van der Waals surface area contributed by atoms with Gasteiger partial charge in [-0.2, -0.15) is 0 Å². The van der Waals surface area contributed by atoms with Crippen LogP contribution in [0.4, 0.5) is 0 Å². The zero-order valence-corrected chi connectivity index (χ0v) is 21.4. The fourth-order valence-corrected chi connectivity index (χ4v) is 3.26. The lowest BCUT2D eigenvalue weighted by atomic mass is 10.0. The number of amides is 3. The molecule has 1 aromatic carbocycles. The van der Waals surface area contributed by atoms with Crippen molar-refractivity contribution in [3.8, 4) is 5.75 Å². The highest BCUT2D eigenvalue weighted by atomic mass is 35.5. The first-order valence-electron chi connectivity index (χ1n) is 11.5. The van der Waals surface area contributed by atoms with Crippen LogP contribution in [0.25, 0.3) is 0 Å². The Kier molecular flexibility index (Phi) is 16.3. The van der Waals surface area contributed by atoms with Crippen molar-refractivity contribution in [3.63, 3.8) is 0 Å². The first-order valence-corrected chi connectivity index (χ1v) is 11.5. The topological polar surface area (TPSA) is 160 Å². The van der Waals surface area contributed by atoms with Gasteiger partial charge >= 0.3 is 5.97 Å². The monoisotopic (exact) mass is 524 g/mol. The number of carboxylic acid groups (broad SMARTS) is 1. The molecule has 0 aliphatic heterocycles. The van der Waals surface area contributed by atoms with Crippen molar-refractivity contribution >= 4 is 36.1 Å². The first kappa shape index (κ1) is 32.6. The van der Waals surface area contributed by atoms with E-state index in [1.165, 1.54) is 13.0 Å². The van der Waals surface area contributed by atoms with Crippen molar-refractivity contribution in [1.82, 2.24) is 16.0 Å². The van der Waals surface area contributed by atoms with Crippen molar-refractivity contribution in [1.29, 1.82) is 0 Å². The van der Waals surface area contributed by atoms with Gasteiger partial charge in [0.2, 0.25) is 17.7 Å². The zero-order valence-electron chi connectivity index (χ0n) is 20.5. The van der Waals surface area contributed by atoms with Gasteiger partial charge in [0.1, 0.15) is 30.5 Å². The normalized spacial score (nSPS) is 12.6. The Bertz CT molecular complexity index is 878. The number of hydrogen-bond donors (Lipinski definition) is 5. The van der Waals surface area contributed by atoms with E-state index in [0.717, 1.165) is 5.56 Å². The van der Waals surface area contributed by atoms with E-state index in [1.54, 1.807) is 30.3 Å². The molecular weight excluding hydrogens is 488 g/mol. The van der Waals surface area contributed by atoms with Gasteiger partial charge in [0, 0.05) is 13.3 Å². The van der Waals surface area contributed by atoms with Gasteiger partial charge in [0.25, 0.3) is 0 Å². The molecule has 0 aliphatic rings. The summed E-state index contributed by atoms with van der Waals surface area (Å²) in [6.07, 6.45) is 4.67. The molecule has 0 aromatic heterocycles. The molecule has 1 rings (SSSR count). The molecule has 0 fully saturated rings. The van der Waals surface area contributed by atoms with Crippen LogP contribution < -0.4 is 26.4 Å². The van der Waals surface area contributed by atoms with E-state index < -0.39 is 41.8 Å². The van der Waals surface area contributed by atoms with Crippen LogP contribution in [0.1, 0.15) is 38.2 Å². The molecule has 10 nitrogen and oxygen atoms in total. The molecular formula is C25H37ClN4O6. The number of carbonyl (C=O) groups is 4. The van der Waals surface area contributed by atoms with Crippen LogP contribution >= 0.6 is 12.4 Å². The number of halogens is 1. The van der Waals surface area contributed by atoms with E-state index in [4.69, 9.17) is 10.5 Å². The summed E-state index contributed by atoms with van der Waals surface area (Å²) in [5.41, 5.74) is 6.31. The van der Waals surface area contributed by atoms with Gasteiger partial charge in [-0.05, 0) is 49.9 Å². The Morgan fingerprint density at radius 3 is 2.11 bits per heavy atom. The van der Waals surface area contributed by atoms with Crippen LogP contribution in [0.3, 0.4) is 0 Å². The Morgan fingerprint density at radius 2 is 1.58 bits per heavy atom. The van der Waals surface area contributed by atoms with E-state index in [0.29, 0.717) is 31.7 Å². The van der Waals surface area contributed by atoms with Crippen molar-refractivity contribution in [2.75, 3.05) is 13.2 Å². The lowest BCUT2D eigenvalue weighted by Crippen LogP contribution is -2.56. The summed E-state index contributed by atoms with van der Waals surface area (Å²) in [7, 11) is 0. The van der Waals surface area contributed by atoms with Gasteiger partial charge in [-0.1, -0.05) is 30.9 Å². The van der Waals surface area contributed by atoms with E-state index in [9.17, 15) is 24.3 Å². The van der Waals surface area contributed by atoms with Gasteiger partial charge in [0.05, 0.1) is 0 Å². The molecule has 0 spiro atoms. The molecule has 3 atom stereocenters. The number of unbranched alkanes of at least 4 members (excludes halogenated alkanes) is 1. The van der Waals surface area contributed by atoms with Crippen molar-refractivity contribution in [2.45, 2.75) is 57.2 Å². The molecule has 6 N–H and O–H groups in total. The molecule has 0 bridgehead atoms. The molecule has 0 heterocycles. The van der Waals surface area contributed by atoms with E-state index in [2.05, 4.69) is 29.1 Å². The summed E-state index contributed by atoms with van der Waals surface area (Å²) in [5.74, 6) is -2.16. The third-order valence-electron chi connectivity index (χ3n) is 5.02. The van der Waals surface area contributed by atoms with Crippen LogP contribution in [-0.4, -0.2) is 60.1 Å². The summed E-state index contributed by atoms with van der Waals surface area (Å²) in [6, 6.07) is 3.94. The molecule has 36 heavy (non-hydrogen) atoms. The lowest BCUT2D eigenvalue weighted by molar-refractivity contribution is -0.142. The first-order chi connectivity index (χ1) is 16.7. The molecule has 0 saturated heterocycles. The number of carboxylic acids is 1. The molecule has 0 radical (unpaired) electrons. The predicted octanol–water partition coefficient (Wildman–Crippen LogP) is 1.48.